The Morgan fingerprint density at radius 1 is 1.40 bits per heavy atom. The number of carbonyl (C=O) groups excluding carboxylic acids is 3. The first-order chi connectivity index (χ1) is 12.1. The maximum Gasteiger partial charge on any atom is 0.260 e. The van der Waals surface area contributed by atoms with E-state index in [4.69, 9.17) is 4.42 Å². The van der Waals surface area contributed by atoms with Crippen molar-refractivity contribution < 1.29 is 18.8 Å². The van der Waals surface area contributed by atoms with E-state index in [1.165, 1.54) is 23.9 Å². The van der Waals surface area contributed by atoms with E-state index in [1.54, 1.807) is 11.0 Å². The number of rotatable bonds is 3. The van der Waals surface area contributed by atoms with Crippen molar-refractivity contribution in [3.63, 3.8) is 0 Å². The van der Waals surface area contributed by atoms with E-state index in [9.17, 15) is 14.4 Å². The minimum absolute atomic E-state index is 0.0473. The van der Waals surface area contributed by atoms with Gasteiger partial charge in [0.25, 0.3) is 5.91 Å². The Kier molecular flexibility index (Phi) is 4.00. The number of carbonyl (C=O) groups is 3. The summed E-state index contributed by atoms with van der Waals surface area (Å²) in [5.41, 5.74) is 1.34. The monoisotopic (exact) mass is 360 g/mol. The van der Waals surface area contributed by atoms with Crippen molar-refractivity contribution >= 4 is 34.2 Å². The minimum atomic E-state index is -0.415. The largest absolute Gasteiger partial charge is 0.472 e. The number of nitrogens with zero attached hydrogens (tertiary/aromatic N) is 2. The maximum atomic E-state index is 12.5. The Bertz CT molecular complexity index is 829. The van der Waals surface area contributed by atoms with Crippen molar-refractivity contribution in [1.82, 2.24) is 15.2 Å². The molecule has 0 aliphatic carbocycles. The average Bonchev–Trinajstić information content (AvgIpc) is 3.33. The third-order valence-electron chi connectivity index (χ3n) is 4.34. The zero-order chi connectivity index (χ0) is 17.4. The maximum absolute atomic E-state index is 12.5. The smallest absolute Gasteiger partial charge is 0.260 e. The summed E-state index contributed by atoms with van der Waals surface area (Å²) >= 11 is 1.37. The molecule has 1 fully saturated rings. The van der Waals surface area contributed by atoms with Gasteiger partial charge in [-0.25, -0.2) is 4.98 Å². The van der Waals surface area contributed by atoms with Gasteiger partial charge in [0.2, 0.25) is 11.8 Å². The highest BCUT2D eigenvalue weighted by molar-refractivity contribution is 7.15. The van der Waals surface area contributed by atoms with Crippen LogP contribution in [-0.4, -0.2) is 40.2 Å². The van der Waals surface area contributed by atoms with Crippen LogP contribution in [0.15, 0.2) is 23.0 Å². The van der Waals surface area contributed by atoms with Crippen molar-refractivity contribution in [2.45, 2.75) is 31.8 Å². The number of thiazole rings is 1. The lowest BCUT2D eigenvalue weighted by molar-refractivity contribution is -0.135. The van der Waals surface area contributed by atoms with Crippen LogP contribution in [0.1, 0.15) is 33.8 Å². The van der Waals surface area contributed by atoms with Gasteiger partial charge in [-0.3, -0.25) is 19.7 Å². The van der Waals surface area contributed by atoms with E-state index < -0.39 is 6.04 Å². The fourth-order valence-electron chi connectivity index (χ4n) is 3.02. The molecule has 1 saturated heterocycles. The van der Waals surface area contributed by atoms with E-state index >= 15 is 0 Å². The molecule has 2 aromatic rings. The predicted molar refractivity (Wildman–Crippen MR) is 89.1 cm³/mol. The lowest BCUT2D eigenvalue weighted by Crippen LogP contribution is -2.46. The Morgan fingerprint density at radius 3 is 3.00 bits per heavy atom. The summed E-state index contributed by atoms with van der Waals surface area (Å²) in [6.45, 7) is 1.02. The Labute approximate surface area is 147 Å². The first kappa shape index (κ1) is 15.8. The summed E-state index contributed by atoms with van der Waals surface area (Å²) in [4.78, 5) is 43.0. The van der Waals surface area contributed by atoms with Gasteiger partial charge >= 0.3 is 0 Å². The molecule has 0 bridgehead atoms. The summed E-state index contributed by atoms with van der Waals surface area (Å²) in [5, 5.41) is 5.98. The lowest BCUT2D eigenvalue weighted by atomic mass is 10.1. The number of hydrogen-bond donors (Lipinski definition) is 2. The van der Waals surface area contributed by atoms with Crippen LogP contribution in [0.5, 0.6) is 0 Å². The van der Waals surface area contributed by atoms with Crippen LogP contribution < -0.4 is 10.6 Å². The molecular weight excluding hydrogens is 344 g/mol. The second-order valence-electron chi connectivity index (χ2n) is 6.02. The van der Waals surface area contributed by atoms with E-state index in [0.29, 0.717) is 43.0 Å². The van der Waals surface area contributed by atoms with Gasteiger partial charge in [-0.05, 0) is 12.5 Å². The molecule has 2 aliphatic rings. The van der Waals surface area contributed by atoms with E-state index in [0.717, 1.165) is 10.6 Å². The molecule has 0 unspecified atom stereocenters. The topological polar surface area (TPSA) is 105 Å². The highest BCUT2D eigenvalue weighted by Crippen LogP contribution is 2.29. The van der Waals surface area contributed by atoms with Gasteiger partial charge in [0.1, 0.15) is 12.3 Å². The lowest BCUT2D eigenvalue weighted by Gasteiger charge is -2.28. The van der Waals surface area contributed by atoms with E-state index in [-0.39, 0.29) is 17.7 Å². The molecule has 130 valence electrons. The van der Waals surface area contributed by atoms with E-state index in [2.05, 4.69) is 15.6 Å². The number of furan rings is 1. The molecule has 0 radical (unpaired) electrons. The van der Waals surface area contributed by atoms with Crippen molar-refractivity contribution in [1.29, 1.82) is 0 Å². The van der Waals surface area contributed by atoms with Gasteiger partial charge in [-0.2, -0.15) is 0 Å². The minimum Gasteiger partial charge on any atom is -0.472 e. The van der Waals surface area contributed by atoms with Crippen LogP contribution in [0.3, 0.4) is 0 Å². The van der Waals surface area contributed by atoms with Crippen LogP contribution >= 0.6 is 11.3 Å². The van der Waals surface area contributed by atoms with Crippen LogP contribution in [0.4, 0.5) is 5.13 Å². The van der Waals surface area contributed by atoms with Crippen molar-refractivity contribution in [3.05, 3.63) is 34.7 Å². The molecule has 0 saturated carbocycles. The molecule has 4 rings (SSSR count). The molecule has 2 aliphatic heterocycles. The second-order valence-corrected chi connectivity index (χ2v) is 7.11. The third kappa shape index (κ3) is 3.14. The molecule has 25 heavy (non-hydrogen) atoms. The highest BCUT2D eigenvalue weighted by atomic mass is 32.1. The molecule has 1 atom stereocenters. The van der Waals surface area contributed by atoms with Crippen molar-refractivity contribution in [2.24, 2.45) is 0 Å². The fraction of sp³-hybridized carbons (Fsp3) is 0.375. The number of anilines is 1. The zero-order valence-corrected chi connectivity index (χ0v) is 14.1. The molecule has 3 amide bonds. The van der Waals surface area contributed by atoms with E-state index in [1.807, 2.05) is 0 Å². The van der Waals surface area contributed by atoms with Gasteiger partial charge in [0.15, 0.2) is 5.13 Å². The quantitative estimate of drug-likeness (QED) is 0.854. The standard InChI is InChI=1S/C16H16N4O4S/c21-13-2-1-11(17-13)15(23)20-5-3-10-12(7-20)25-16(18-10)19-14(22)9-4-6-24-8-9/h4,6,8,11H,1-3,5,7H2,(H,17,21)(H,18,19,22)/t11-/m1/s1. The first-order valence-corrected chi connectivity index (χ1v) is 8.82. The van der Waals surface area contributed by atoms with Crippen LogP contribution in [0.2, 0.25) is 0 Å². The van der Waals surface area contributed by atoms with Gasteiger partial charge in [-0.1, -0.05) is 11.3 Å². The molecule has 9 heteroatoms. The summed E-state index contributed by atoms with van der Waals surface area (Å²) in [6, 6.07) is 1.17. The first-order valence-electron chi connectivity index (χ1n) is 8.00. The van der Waals surface area contributed by atoms with Gasteiger partial charge < -0.3 is 14.6 Å². The molecule has 0 aromatic carbocycles. The highest BCUT2D eigenvalue weighted by Gasteiger charge is 2.33. The molecule has 2 aromatic heterocycles. The Morgan fingerprint density at radius 2 is 2.28 bits per heavy atom. The predicted octanol–water partition coefficient (Wildman–Crippen LogP) is 1.15. The number of aromatic nitrogens is 1. The Hall–Kier alpha value is -2.68. The summed E-state index contributed by atoms with van der Waals surface area (Å²) in [5.74, 6) is -0.395. The summed E-state index contributed by atoms with van der Waals surface area (Å²) < 4.78 is 4.90. The summed E-state index contributed by atoms with van der Waals surface area (Å²) in [7, 11) is 0. The molecule has 4 heterocycles. The number of amides is 3. The number of hydrogen-bond acceptors (Lipinski definition) is 6. The van der Waals surface area contributed by atoms with Crippen LogP contribution in [-0.2, 0) is 22.6 Å². The van der Waals surface area contributed by atoms with Gasteiger partial charge in [0.05, 0.1) is 24.1 Å². The van der Waals surface area contributed by atoms with Crippen LogP contribution in [0.25, 0.3) is 0 Å². The normalized spacial score (nSPS) is 19.4. The van der Waals surface area contributed by atoms with Crippen molar-refractivity contribution in [2.75, 3.05) is 11.9 Å². The second kappa shape index (κ2) is 6.32. The fourth-order valence-corrected chi connectivity index (χ4v) is 4.04. The third-order valence-corrected chi connectivity index (χ3v) is 5.34. The number of nitrogens with one attached hydrogen (secondary N) is 2. The Balaban J connectivity index is 1.43. The molecular formula is C16H16N4O4S. The van der Waals surface area contributed by atoms with Crippen LogP contribution in [0, 0.1) is 0 Å². The number of fused-ring (bicyclic) bond motifs is 1. The zero-order valence-electron chi connectivity index (χ0n) is 13.3. The summed E-state index contributed by atoms with van der Waals surface area (Å²) in [6.07, 6.45) is 4.40. The SMILES string of the molecule is O=C1CC[C@H](C(=O)N2CCc3nc(NC(=O)c4ccoc4)sc3C2)N1. The van der Waals surface area contributed by atoms with Crippen molar-refractivity contribution in [3.8, 4) is 0 Å². The van der Waals surface area contributed by atoms with Gasteiger partial charge in [-0.15, -0.1) is 0 Å². The molecule has 8 nitrogen and oxygen atoms in total. The molecule has 0 spiro atoms. The average molecular weight is 360 g/mol. The van der Waals surface area contributed by atoms with Gasteiger partial charge in [0, 0.05) is 24.3 Å². The molecule has 2 N–H and O–H groups in total.